The SMILES string of the molecule is O=C(O)N[C@H]1CCN(C(=O)CN(C(=O)/C=C/c2ccccc2)c2ccc(Oc3ccccc3)cc2)C1. The van der Waals surface area contributed by atoms with Gasteiger partial charge in [-0.25, -0.2) is 4.79 Å². The minimum Gasteiger partial charge on any atom is -0.465 e. The highest BCUT2D eigenvalue weighted by Crippen LogP contribution is 2.25. The maximum absolute atomic E-state index is 13.2. The van der Waals surface area contributed by atoms with Gasteiger partial charge in [0.15, 0.2) is 0 Å². The first kappa shape index (κ1) is 24.5. The Bertz CT molecular complexity index is 1210. The molecule has 0 bridgehead atoms. The topological polar surface area (TPSA) is 99.2 Å². The molecule has 184 valence electrons. The Morgan fingerprint density at radius 3 is 2.25 bits per heavy atom. The average Bonchev–Trinajstić information content (AvgIpc) is 3.35. The van der Waals surface area contributed by atoms with E-state index in [9.17, 15) is 14.4 Å². The number of hydrogen-bond acceptors (Lipinski definition) is 4. The summed E-state index contributed by atoms with van der Waals surface area (Å²) < 4.78 is 5.84. The van der Waals surface area contributed by atoms with Crippen molar-refractivity contribution in [1.29, 1.82) is 0 Å². The number of amides is 3. The van der Waals surface area contributed by atoms with Crippen LogP contribution in [0.3, 0.4) is 0 Å². The molecule has 0 aromatic heterocycles. The number of anilines is 1. The third kappa shape index (κ3) is 6.73. The summed E-state index contributed by atoms with van der Waals surface area (Å²) in [6, 6.07) is 25.4. The molecule has 3 aromatic carbocycles. The number of likely N-dealkylation sites (tertiary alicyclic amines) is 1. The van der Waals surface area contributed by atoms with Crippen molar-refractivity contribution in [1.82, 2.24) is 10.2 Å². The zero-order valence-electron chi connectivity index (χ0n) is 19.6. The van der Waals surface area contributed by atoms with E-state index in [1.54, 1.807) is 35.2 Å². The molecule has 8 heteroatoms. The number of carboxylic acid groups (broad SMARTS) is 1. The van der Waals surface area contributed by atoms with Gasteiger partial charge in [0.1, 0.15) is 18.0 Å². The molecule has 0 saturated carbocycles. The van der Waals surface area contributed by atoms with Gasteiger partial charge < -0.3 is 20.1 Å². The maximum atomic E-state index is 13.2. The molecule has 0 unspecified atom stereocenters. The average molecular weight is 486 g/mol. The molecule has 8 nitrogen and oxygen atoms in total. The van der Waals surface area contributed by atoms with E-state index >= 15 is 0 Å². The second-order valence-electron chi connectivity index (χ2n) is 8.35. The molecule has 1 fully saturated rings. The van der Waals surface area contributed by atoms with Gasteiger partial charge in [-0.15, -0.1) is 0 Å². The third-order valence-electron chi connectivity index (χ3n) is 5.77. The van der Waals surface area contributed by atoms with Gasteiger partial charge in [0, 0.05) is 24.9 Å². The quantitative estimate of drug-likeness (QED) is 0.461. The first-order valence-corrected chi connectivity index (χ1v) is 11.6. The molecule has 36 heavy (non-hydrogen) atoms. The van der Waals surface area contributed by atoms with Crippen molar-refractivity contribution in [2.45, 2.75) is 12.5 Å². The van der Waals surface area contributed by atoms with Gasteiger partial charge in [0.05, 0.1) is 6.04 Å². The van der Waals surface area contributed by atoms with Gasteiger partial charge >= 0.3 is 6.09 Å². The predicted molar refractivity (Wildman–Crippen MR) is 137 cm³/mol. The summed E-state index contributed by atoms with van der Waals surface area (Å²) in [6.45, 7) is 0.531. The smallest absolute Gasteiger partial charge is 0.404 e. The van der Waals surface area contributed by atoms with Crippen LogP contribution in [0.2, 0.25) is 0 Å². The summed E-state index contributed by atoms with van der Waals surface area (Å²) in [5.41, 5.74) is 1.41. The number of benzene rings is 3. The summed E-state index contributed by atoms with van der Waals surface area (Å²) >= 11 is 0. The third-order valence-corrected chi connectivity index (χ3v) is 5.77. The Morgan fingerprint density at radius 2 is 1.58 bits per heavy atom. The van der Waals surface area contributed by atoms with E-state index in [1.165, 1.54) is 11.0 Å². The van der Waals surface area contributed by atoms with E-state index < -0.39 is 6.09 Å². The fourth-order valence-corrected chi connectivity index (χ4v) is 3.95. The van der Waals surface area contributed by atoms with E-state index in [2.05, 4.69) is 5.32 Å². The van der Waals surface area contributed by atoms with Gasteiger partial charge in [-0.3, -0.25) is 14.5 Å². The first-order chi connectivity index (χ1) is 17.5. The monoisotopic (exact) mass is 485 g/mol. The molecule has 2 N–H and O–H groups in total. The largest absolute Gasteiger partial charge is 0.465 e. The van der Waals surface area contributed by atoms with Crippen molar-refractivity contribution in [2.75, 3.05) is 24.5 Å². The number of hydrogen-bond donors (Lipinski definition) is 2. The van der Waals surface area contributed by atoms with Crippen molar-refractivity contribution in [3.63, 3.8) is 0 Å². The second-order valence-corrected chi connectivity index (χ2v) is 8.35. The van der Waals surface area contributed by atoms with Crippen LogP contribution in [0.25, 0.3) is 6.08 Å². The lowest BCUT2D eigenvalue weighted by molar-refractivity contribution is -0.130. The summed E-state index contributed by atoms with van der Waals surface area (Å²) in [5.74, 6) is 0.697. The summed E-state index contributed by atoms with van der Waals surface area (Å²) in [6.07, 6.45) is 2.56. The molecule has 1 aliphatic rings. The van der Waals surface area contributed by atoms with Crippen molar-refractivity contribution in [3.05, 3.63) is 96.6 Å². The molecule has 0 aliphatic carbocycles. The number of nitrogens with one attached hydrogen (secondary N) is 1. The highest BCUT2D eigenvalue weighted by molar-refractivity contribution is 6.06. The maximum Gasteiger partial charge on any atom is 0.404 e. The predicted octanol–water partition coefficient (Wildman–Crippen LogP) is 4.39. The fraction of sp³-hybridized carbons (Fsp3) is 0.179. The van der Waals surface area contributed by atoms with Gasteiger partial charge in [0.2, 0.25) is 5.91 Å². The second kappa shape index (κ2) is 11.7. The van der Waals surface area contributed by atoms with Gasteiger partial charge in [-0.2, -0.15) is 0 Å². The van der Waals surface area contributed by atoms with Crippen molar-refractivity contribution >= 4 is 29.7 Å². The standard InChI is InChI=1S/C28H27N3O5/c32-26(16-11-21-7-3-1-4-8-21)31(20-27(33)30-18-17-22(19-30)29-28(34)35)23-12-14-25(15-13-23)36-24-9-5-2-6-10-24/h1-16,22,29H,17-20H2,(H,34,35)/b16-11+/t22-/m0/s1. The summed E-state index contributed by atoms with van der Waals surface area (Å²) in [7, 11) is 0. The van der Waals surface area contributed by atoms with Crippen LogP contribution < -0.4 is 15.0 Å². The van der Waals surface area contributed by atoms with E-state index in [-0.39, 0.29) is 30.9 Å². The molecule has 1 atom stereocenters. The highest BCUT2D eigenvalue weighted by atomic mass is 16.5. The first-order valence-electron chi connectivity index (χ1n) is 11.6. The van der Waals surface area contributed by atoms with E-state index in [4.69, 9.17) is 9.84 Å². The number of carbonyl (C=O) groups excluding carboxylic acids is 2. The number of nitrogens with zero attached hydrogens (tertiary/aromatic N) is 2. The fourth-order valence-electron chi connectivity index (χ4n) is 3.95. The van der Waals surface area contributed by atoms with E-state index in [0.29, 0.717) is 30.2 Å². The van der Waals surface area contributed by atoms with E-state index in [0.717, 1.165) is 5.56 Å². The molecule has 1 saturated heterocycles. The van der Waals surface area contributed by atoms with Crippen LogP contribution in [-0.4, -0.2) is 53.6 Å². The molecule has 3 amide bonds. The van der Waals surface area contributed by atoms with Crippen LogP contribution in [-0.2, 0) is 9.59 Å². The Morgan fingerprint density at radius 1 is 0.944 bits per heavy atom. The lowest BCUT2D eigenvalue weighted by Gasteiger charge is -2.24. The molecule has 3 aromatic rings. The van der Waals surface area contributed by atoms with Crippen LogP contribution in [0.1, 0.15) is 12.0 Å². The molecule has 1 heterocycles. The molecule has 1 aliphatic heterocycles. The molecular formula is C28H27N3O5. The Hall–Kier alpha value is -4.59. The lowest BCUT2D eigenvalue weighted by Crippen LogP contribution is -2.43. The molecule has 4 rings (SSSR count). The van der Waals surface area contributed by atoms with Crippen molar-refractivity contribution in [3.8, 4) is 11.5 Å². The van der Waals surface area contributed by atoms with Crippen LogP contribution in [0, 0.1) is 0 Å². The van der Waals surface area contributed by atoms with Gasteiger partial charge in [0.25, 0.3) is 5.91 Å². The zero-order valence-corrected chi connectivity index (χ0v) is 19.6. The van der Waals surface area contributed by atoms with Crippen LogP contribution in [0.15, 0.2) is 91.0 Å². The minimum absolute atomic E-state index is 0.170. The van der Waals surface area contributed by atoms with Gasteiger partial charge in [-0.05, 0) is 54.5 Å². The lowest BCUT2D eigenvalue weighted by atomic mass is 10.2. The zero-order chi connectivity index (χ0) is 25.3. The number of para-hydroxylation sites is 1. The van der Waals surface area contributed by atoms with Crippen LogP contribution in [0.5, 0.6) is 11.5 Å². The Kier molecular flexibility index (Phi) is 7.97. The molecule has 0 spiro atoms. The normalized spacial score (nSPS) is 15.0. The highest BCUT2D eigenvalue weighted by Gasteiger charge is 2.29. The van der Waals surface area contributed by atoms with Gasteiger partial charge in [-0.1, -0.05) is 48.5 Å². The number of ether oxygens (including phenoxy) is 1. The Labute approximate surface area is 209 Å². The molecule has 0 radical (unpaired) electrons. The molecular weight excluding hydrogens is 458 g/mol. The number of rotatable bonds is 8. The summed E-state index contributed by atoms with van der Waals surface area (Å²) in [4.78, 5) is 40.2. The minimum atomic E-state index is -1.12. The van der Waals surface area contributed by atoms with Crippen molar-refractivity contribution in [2.24, 2.45) is 0 Å². The van der Waals surface area contributed by atoms with Crippen molar-refractivity contribution < 1.29 is 24.2 Å². The van der Waals surface area contributed by atoms with E-state index in [1.807, 2.05) is 60.7 Å². The van der Waals surface area contributed by atoms with Crippen LogP contribution in [0.4, 0.5) is 10.5 Å². The number of carbonyl (C=O) groups is 3. The van der Waals surface area contributed by atoms with Crippen LogP contribution >= 0.6 is 0 Å². The Balaban J connectivity index is 1.50. The summed E-state index contributed by atoms with van der Waals surface area (Å²) in [5, 5.41) is 11.4.